The molecule has 0 spiro atoms. The third-order valence-corrected chi connectivity index (χ3v) is 4.16. The quantitative estimate of drug-likeness (QED) is 0.894. The predicted molar refractivity (Wildman–Crippen MR) is 72.3 cm³/mol. The number of aromatic nitrogens is 2. The Balaban J connectivity index is 2.23. The first kappa shape index (κ1) is 13.6. The highest BCUT2D eigenvalue weighted by atomic mass is 16.5. The normalized spacial score (nSPS) is 27.0. The number of ether oxygens (including phenoxy) is 1. The second kappa shape index (κ2) is 4.35. The number of nitrogens with two attached hydrogens (primary N) is 1. The summed E-state index contributed by atoms with van der Waals surface area (Å²) in [7, 11) is 0. The monoisotopic (exact) mass is 251 g/mol. The van der Waals surface area contributed by atoms with Gasteiger partial charge in [-0.2, -0.15) is 0 Å². The molecule has 1 heterocycles. The van der Waals surface area contributed by atoms with Gasteiger partial charge in [0.15, 0.2) is 0 Å². The van der Waals surface area contributed by atoms with E-state index in [1.165, 1.54) is 0 Å². The standard InChI is InChI=1S/C14H25N3O/c1-6-18-12-7-10(13(12,2)3)17-9-16-8-11(17)14(4,5)15/h8-10,12H,6-7,15H2,1-5H3. The average molecular weight is 251 g/mol. The Morgan fingerprint density at radius 1 is 1.56 bits per heavy atom. The van der Waals surface area contributed by atoms with Crippen LogP contribution < -0.4 is 5.73 Å². The van der Waals surface area contributed by atoms with Crippen LogP contribution in [0.3, 0.4) is 0 Å². The van der Waals surface area contributed by atoms with Crippen molar-refractivity contribution in [1.82, 2.24) is 9.55 Å². The lowest BCUT2D eigenvalue weighted by molar-refractivity contribution is -0.128. The molecule has 1 aliphatic rings. The van der Waals surface area contributed by atoms with Crippen molar-refractivity contribution < 1.29 is 4.74 Å². The van der Waals surface area contributed by atoms with Gasteiger partial charge in [0.05, 0.1) is 23.7 Å². The van der Waals surface area contributed by atoms with Crippen molar-refractivity contribution in [3.05, 3.63) is 18.2 Å². The second-order valence-corrected chi connectivity index (χ2v) is 6.42. The zero-order chi connectivity index (χ0) is 13.6. The summed E-state index contributed by atoms with van der Waals surface area (Å²) in [6.45, 7) is 11.4. The van der Waals surface area contributed by atoms with E-state index in [4.69, 9.17) is 10.5 Å². The molecule has 102 valence electrons. The van der Waals surface area contributed by atoms with Gasteiger partial charge >= 0.3 is 0 Å². The van der Waals surface area contributed by atoms with Gasteiger partial charge in [-0.1, -0.05) is 13.8 Å². The highest BCUT2D eigenvalue weighted by Crippen LogP contribution is 2.52. The summed E-state index contributed by atoms with van der Waals surface area (Å²) in [4.78, 5) is 4.27. The highest BCUT2D eigenvalue weighted by Gasteiger charge is 2.50. The molecule has 2 rings (SSSR count). The molecule has 1 saturated carbocycles. The minimum atomic E-state index is -0.358. The maximum atomic E-state index is 6.21. The van der Waals surface area contributed by atoms with Crippen molar-refractivity contribution in [3.63, 3.8) is 0 Å². The SMILES string of the molecule is CCOC1CC(n2cncc2C(C)(C)N)C1(C)C. The first-order valence-electron chi connectivity index (χ1n) is 6.71. The fourth-order valence-corrected chi connectivity index (χ4v) is 2.87. The third kappa shape index (κ3) is 2.08. The van der Waals surface area contributed by atoms with E-state index in [-0.39, 0.29) is 11.0 Å². The molecule has 4 nitrogen and oxygen atoms in total. The second-order valence-electron chi connectivity index (χ2n) is 6.42. The van der Waals surface area contributed by atoms with Crippen LogP contribution in [0.1, 0.15) is 52.8 Å². The lowest BCUT2D eigenvalue weighted by atomic mass is 9.64. The van der Waals surface area contributed by atoms with Crippen molar-refractivity contribution in [3.8, 4) is 0 Å². The largest absolute Gasteiger partial charge is 0.378 e. The van der Waals surface area contributed by atoms with Crippen molar-refractivity contribution in [2.24, 2.45) is 11.1 Å². The minimum absolute atomic E-state index is 0.136. The van der Waals surface area contributed by atoms with Crippen LogP contribution in [0.4, 0.5) is 0 Å². The number of rotatable bonds is 4. The Morgan fingerprint density at radius 3 is 2.72 bits per heavy atom. The van der Waals surface area contributed by atoms with Crippen molar-refractivity contribution >= 4 is 0 Å². The van der Waals surface area contributed by atoms with E-state index in [0.717, 1.165) is 18.7 Å². The minimum Gasteiger partial charge on any atom is -0.378 e. The Kier molecular flexibility index (Phi) is 3.28. The summed E-state index contributed by atoms with van der Waals surface area (Å²) in [6.07, 6.45) is 5.16. The maximum Gasteiger partial charge on any atom is 0.0951 e. The molecule has 1 fully saturated rings. The molecule has 1 aromatic rings. The van der Waals surface area contributed by atoms with Gasteiger partial charge in [-0.15, -0.1) is 0 Å². The molecular formula is C14H25N3O. The maximum absolute atomic E-state index is 6.21. The van der Waals surface area contributed by atoms with E-state index in [1.54, 1.807) is 0 Å². The smallest absolute Gasteiger partial charge is 0.0951 e. The van der Waals surface area contributed by atoms with E-state index < -0.39 is 0 Å². The summed E-state index contributed by atoms with van der Waals surface area (Å²) in [5, 5.41) is 0. The number of hydrogen-bond acceptors (Lipinski definition) is 3. The van der Waals surface area contributed by atoms with Gasteiger partial charge in [-0.25, -0.2) is 4.98 Å². The van der Waals surface area contributed by atoms with Gasteiger partial charge in [-0.05, 0) is 27.2 Å². The van der Waals surface area contributed by atoms with Crippen LogP contribution in [0.25, 0.3) is 0 Å². The molecule has 1 aliphatic carbocycles. The lowest BCUT2D eigenvalue weighted by Gasteiger charge is -2.52. The topological polar surface area (TPSA) is 53.1 Å². The molecule has 0 amide bonds. The van der Waals surface area contributed by atoms with Crippen molar-refractivity contribution in [2.75, 3.05) is 6.61 Å². The fraction of sp³-hybridized carbons (Fsp3) is 0.786. The van der Waals surface area contributed by atoms with Crippen LogP contribution in [0.5, 0.6) is 0 Å². The van der Waals surface area contributed by atoms with Crippen LogP contribution in [0, 0.1) is 5.41 Å². The van der Waals surface area contributed by atoms with Crippen LogP contribution >= 0.6 is 0 Å². The Labute approximate surface area is 110 Å². The highest BCUT2D eigenvalue weighted by molar-refractivity contribution is 5.15. The Hall–Kier alpha value is -0.870. The average Bonchev–Trinajstić information content (AvgIpc) is 2.71. The van der Waals surface area contributed by atoms with E-state index in [2.05, 4.69) is 30.3 Å². The van der Waals surface area contributed by atoms with Crippen molar-refractivity contribution in [1.29, 1.82) is 0 Å². The number of imidazole rings is 1. The van der Waals surface area contributed by atoms with Gasteiger partial charge in [-0.3, -0.25) is 0 Å². The van der Waals surface area contributed by atoms with Gasteiger partial charge in [0.25, 0.3) is 0 Å². The first-order chi connectivity index (χ1) is 8.28. The van der Waals surface area contributed by atoms with E-state index in [9.17, 15) is 0 Å². The summed E-state index contributed by atoms with van der Waals surface area (Å²) in [5.74, 6) is 0. The van der Waals surface area contributed by atoms with Gasteiger partial charge in [0.2, 0.25) is 0 Å². The van der Waals surface area contributed by atoms with Crippen LogP contribution in [-0.4, -0.2) is 22.3 Å². The summed E-state index contributed by atoms with van der Waals surface area (Å²) in [6, 6.07) is 0.425. The van der Waals surface area contributed by atoms with E-state index in [0.29, 0.717) is 12.1 Å². The molecule has 0 aromatic carbocycles. The van der Waals surface area contributed by atoms with Gasteiger partial charge < -0.3 is 15.0 Å². The Bertz CT molecular complexity index is 417. The molecule has 0 aliphatic heterocycles. The van der Waals surface area contributed by atoms with Gasteiger partial charge in [0.1, 0.15) is 0 Å². The first-order valence-corrected chi connectivity index (χ1v) is 6.71. The zero-order valence-corrected chi connectivity index (χ0v) is 12.1. The molecule has 4 heteroatoms. The van der Waals surface area contributed by atoms with E-state index >= 15 is 0 Å². The summed E-state index contributed by atoms with van der Waals surface area (Å²) >= 11 is 0. The molecule has 2 atom stereocenters. The van der Waals surface area contributed by atoms with Crippen LogP contribution in [-0.2, 0) is 10.3 Å². The van der Waals surface area contributed by atoms with Gasteiger partial charge in [0, 0.05) is 24.3 Å². The third-order valence-electron chi connectivity index (χ3n) is 4.16. The van der Waals surface area contributed by atoms with E-state index in [1.807, 2.05) is 26.4 Å². The number of hydrogen-bond donors (Lipinski definition) is 1. The summed E-state index contributed by atoms with van der Waals surface area (Å²) < 4.78 is 8.01. The molecular weight excluding hydrogens is 226 g/mol. The predicted octanol–water partition coefficient (Wildman–Crippen LogP) is 2.45. The molecule has 0 bridgehead atoms. The Morgan fingerprint density at radius 2 is 2.22 bits per heavy atom. The molecule has 0 saturated heterocycles. The van der Waals surface area contributed by atoms with Crippen molar-refractivity contribution in [2.45, 2.75) is 58.7 Å². The number of nitrogens with zero attached hydrogens (tertiary/aromatic N) is 2. The molecule has 0 radical (unpaired) electrons. The lowest BCUT2D eigenvalue weighted by Crippen LogP contribution is -2.52. The molecule has 18 heavy (non-hydrogen) atoms. The molecule has 2 unspecified atom stereocenters. The summed E-state index contributed by atoms with van der Waals surface area (Å²) in [5.41, 5.74) is 7.08. The fourth-order valence-electron chi connectivity index (χ4n) is 2.87. The van der Waals surface area contributed by atoms with Crippen LogP contribution in [0.15, 0.2) is 12.5 Å². The zero-order valence-electron chi connectivity index (χ0n) is 12.1. The molecule has 2 N–H and O–H groups in total. The van der Waals surface area contributed by atoms with Crippen LogP contribution in [0.2, 0.25) is 0 Å². The molecule has 1 aromatic heterocycles.